The van der Waals surface area contributed by atoms with Crippen molar-refractivity contribution in [3.05, 3.63) is 106 Å². The lowest BCUT2D eigenvalue weighted by atomic mass is 10.2. The van der Waals surface area contributed by atoms with Crippen molar-refractivity contribution < 1.29 is 4.79 Å². The minimum atomic E-state index is -0.636. The van der Waals surface area contributed by atoms with Crippen molar-refractivity contribution in [1.82, 2.24) is 23.4 Å². The van der Waals surface area contributed by atoms with E-state index in [-0.39, 0.29) is 23.4 Å². The van der Waals surface area contributed by atoms with Crippen LogP contribution in [-0.2, 0) is 6.54 Å². The maximum atomic E-state index is 13.8. The van der Waals surface area contributed by atoms with Crippen molar-refractivity contribution in [3.8, 4) is 5.69 Å². The summed E-state index contributed by atoms with van der Waals surface area (Å²) in [5, 5.41) is 1.07. The number of nitrogens with zero attached hydrogens (tertiary/aromatic N) is 5. The maximum Gasteiger partial charge on any atom is 0.337 e. The molecule has 0 radical (unpaired) electrons. The highest BCUT2D eigenvalue weighted by atomic mass is 35.5. The molecule has 0 unspecified atom stereocenters. The van der Waals surface area contributed by atoms with Crippen LogP contribution in [0.1, 0.15) is 20.9 Å². The molecule has 12 heteroatoms. The Balaban J connectivity index is 1.82. The van der Waals surface area contributed by atoms with E-state index in [1.54, 1.807) is 57.4 Å². The van der Waals surface area contributed by atoms with Crippen molar-refractivity contribution >= 4 is 56.3 Å². The minimum absolute atomic E-state index is 0.104. The Kier molecular flexibility index (Phi) is 6.26. The predicted molar refractivity (Wildman–Crippen MR) is 145 cm³/mol. The van der Waals surface area contributed by atoms with Crippen LogP contribution in [-0.4, -0.2) is 43.4 Å². The molecule has 0 N–H and O–H groups in total. The van der Waals surface area contributed by atoms with Gasteiger partial charge in [0.1, 0.15) is 10.5 Å². The average molecular weight is 556 g/mol. The number of carbonyl (C=O) groups excluding carboxylic acids is 1. The molecule has 9 nitrogen and oxygen atoms in total. The van der Waals surface area contributed by atoms with Crippen LogP contribution in [0.5, 0.6) is 0 Å². The van der Waals surface area contributed by atoms with Gasteiger partial charge >= 0.3 is 5.69 Å². The highest BCUT2D eigenvalue weighted by Gasteiger charge is 2.25. The van der Waals surface area contributed by atoms with Crippen LogP contribution in [0.3, 0.4) is 0 Å². The summed E-state index contributed by atoms with van der Waals surface area (Å²) in [4.78, 5) is 59.6. The number of pyridine rings is 1. The van der Waals surface area contributed by atoms with Gasteiger partial charge in [-0.2, -0.15) is 0 Å². The number of amides is 1. The summed E-state index contributed by atoms with van der Waals surface area (Å²) in [5.41, 5.74) is -0.0988. The van der Waals surface area contributed by atoms with Crippen LogP contribution in [0.2, 0.25) is 10.0 Å². The molecule has 0 atom stereocenters. The van der Waals surface area contributed by atoms with Gasteiger partial charge in [-0.25, -0.2) is 14.3 Å². The second-order valence-electron chi connectivity index (χ2n) is 8.58. The quantitative estimate of drug-likeness (QED) is 0.337. The number of rotatable bonds is 4. The summed E-state index contributed by atoms with van der Waals surface area (Å²) in [6, 6.07) is 10.8. The number of benzene rings is 1. The van der Waals surface area contributed by atoms with E-state index in [0.29, 0.717) is 42.3 Å². The number of hydrogen-bond acceptors (Lipinski definition) is 6. The fourth-order valence-electron chi connectivity index (χ4n) is 4.08. The number of thiophene rings is 1. The Hall–Kier alpha value is -3.73. The number of carbonyl (C=O) groups is 1. The van der Waals surface area contributed by atoms with Gasteiger partial charge in [0.25, 0.3) is 17.0 Å². The summed E-state index contributed by atoms with van der Waals surface area (Å²) in [7, 11) is 3.23. The first-order valence-electron chi connectivity index (χ1n) is 11.0. The van der Waals surface area contributed by atoms with Gasteiger partial charge in [0.2, 0.25) is 0 Å². The summed E-state index contributed by atoms with van der Waals surface area (Å²) in [6.45, 7) is 1.58. The lowest BCUT2D eigenvalue weighted by Gasteiger charge is -2.13. The Morgan fingerprint density at radius 1 is 1.03 bits per heavy atom. The monoisotopic (exact) mass is 555 g/mol. The predicted octanol–water partition coefficient (Wildman–Crippen LogP) is 3.59. The molecule has 1 aromatic carbocycles. The maximum absolute atomic E-state index is 13.8. The Morgan fingerprint density at radius 2 is 1.70 bits per heavy atom. The van der Waals surface area contributed by atoms with Gasteiger partial charge in [-0.1, -0.05) is 23.2 Å². The minimum Gasteiger partial charge on any atom is -0.344 e. The largest absolute Gasteiger partial charge is 0.344 e. The molecule has 5 aromatic rings. The first-order valence-corrected chi connectivity index (χ1v) is 12.6. The van der Waals surface area contributed by atoms with Crippen LogP contribution in [0.25, 0.3) is 21.6 Å². The number of hydrogen-bond donors (Lipinski definition) is 0. The van der Waals surface area contributed by atoms with Crippen LogP contribution in [0, 0.1) is 6.92 Å². The van der Waals surface area contributed by atoms with Crippen molar-refractivity contribution in [2.75, 3.05) is 14.1 Å². The molecule has 0 fully saturated rings. The molecule has 0 aliphatic carbocycles. The molecule has 37 heavy (non-hydrogen) atoms. The van der Waals surface area contributed by atoms with Gasteiger partial charge in [-0.15, -0.1) is 11.3 Å². The van der Waals surface area contributed by atoms with E-state index in [1.165, 1.54) is 26.1 Å². The topological polar surface area (TPSA) is 98.7 Å². The third kappa shape index (κ3) is 4.26. The Labute approximate surface area is 223 Å². The number of halogens is 2. The highest BCUT2D eigenvalue weighted by molar-refractivity contribution is 7.20. The molecule has 0 aliphatic rings. The van der Waals surface area contributed by atoms with Crippen LogP contribution in [0.15, 0.2) is 63.0 Å². The van der Waals surface area contributed by atoms with E-state index in [2.05, 4.69) is 4.98 Å². The van der Waals surface area contributed by atoms with Crippen molar-refractivity contribution in [1.29, 1.82) is 0 Å². The van der Waals surface area contributed by atoms with E-state index < -0.39 is 11.2 Å². The molecule has 0 spiro atoms. The second kappa shape index (κ2) is 9.29. The van der Waals surface area contributed by atoms with Crippen molar-refractivity contribution in [3.63, 3.8) is 0 Å². The molecule has 4 aromatic heterocycles. The van der Waals surface area contributed by atoms with Gasteiger partial charge < -0.3 is 4.90 Å². The normalized spacial score (nSPS) is 11.4. The smallest absolute Gasteiger partial charge is 0.337 e. The van der Waals surface area contributed by atoms with Gasteiger partial charge in [0, 0.05) is 31.4 Å². The summed E-state index contributed by atoms with van der Waals surface area (Å²) < 4.78 is 3.71. The zero-order valence-corrected chi connectivity index (χ0v) is 22.2. The molecular formula is C25H19Cl2N5O4S. The molecule has 5 rings (SSSR count). The van der Waals surface area contributed by atoms with Crippen molar-refractivity contribution in [2.45, 2.75) is 13.5 Å². The van der Waals surface area contributed by atoms with Crippen molar-refractivity contribution in [2.24, 2.45) is 0 Å². The molecule has 4 heterocycles. The van der Waals surface area contributed by atoms with E-state index in [1.807, 2.05) is 0 Å². The number of fused-ring (bicyclic) bond motifs is 2. The lowest BCUT2D eigenvalue weighted by molar-refractivity contribution is 0.0831. The Morgan fingerprint density at radius 3 is 2.38 bits per heavy atom. The summed E-state index contributed by atoms with van der Waals surface area (Å²) in [5.74, 6) is -0.283. The van der Waals surface area contributed by atoms with E-state index in [0.717, 1.165) is 15.9 Å². The van der Waals surface area contributed by atoms with Crippen LogP contribution < -0.4 is 16.8 Å². The zero-order valence-electron chi connectivity index (χ0n) is 19.9. The zero-order chi connectivity index (χ0) is 26.6. The van der Waals surface area contributed by atoms with Gasteiger partial charge in [-0.05, 0) is 48.9 Å². The first kappa shape index (κ1) is 24.9. The van der Waals surface area contributed by atoms with Gasteiger partial charge in [-0.3, -0.25) is 23.4 Å². The summed E-state index contributed by atoms with van der Waals surface area (Å²) >= 11 is 13.1. The molecule has 0 bridgehead atoms. The molecular weight excluding hydrogens is 537 g/mol. The molecule has 1 amide bonds. The fourth-order valence-corrected chi connectivity index (χ4v) is 5.68. The number of aromatic nitrogens is 4. The lowest BCUT2D eigenvalue weighted by Crippen LogP contribution is -2.39. The third-order valence-electron chi connectivity index (χ3n) is 5.89. The molecule has 188 valence electrons. The molecule has 0 saturated heterocycles. The standard InChI is InChI=1S/C25H19Cl2N5O4S/c1-13-20-22(34)32(17-7-4-14(26)5-8-17)25(36)31(24(20)37-21(13)23(35)29(2)3)12-16-10-19(33)30-11-15(27)6-9-18(30)28-16/h4-11H,12H2,1-3H3. The number of aryl methyl sites for hydroxylation is 1. The van der Waals surface area contributed by atoms with E-state index in [4.69, 9.17) is 23.2 Å². The summed E-state index contributed by atoms with van der Waals surface area (Å²) in [6.07, 6.45) is 1.46. The Bertz CT molecular complexity index is 1900. The van der Waals surface area contributed by atoms with E-state index in [9.17, 15) is 19.2 Å². The highest BCUT2D eigenvalue weighted by Crippen LogP contribution is 2.29. The SMILES string of the molecule is Cc1c(C(=O)N(C)C)sc2c1c(=O)n(-c1ccc(Cl)cc1)c(=O)n2Cc1cc(=O)n2cc(Cl)ccc2n1. The third-order valence-corrected chi connectivity index (χ3v) is 7.67. The van der Waals surface area contributed by atoms with E-state index >= 15 is 0 Å². The second-order valence-corrected chi connectivity index (χ2v) is 10.5. The fraction of sp³-hybridized carbons (Fsp3) is 0.160. The molecule has 0 saturated carbocycles. The first-order chi connectivity index (χ1) is 17.6. The molecule has 0 aliphatic heterocycles. The van der Waals surface area contributed by atoms with Crippen LogP contribution in [0.4, 0.5) is 0 Å². The van der Waals surface area contributed by atoms with Gasteiger partial charge in [0.05, 0.1) is 33.2 Å². The average Bonchev–Trinajstić information content (AvgIpc) is 3.20. The van der Waals surface area contributed by atoms with Crippen LogP contribution >= 0.6 is 34.5 Å². The van der Waals surface area contributed by atoms with Gasteiger partial charge in [0.15, 0.2) is 0 Å².